The van der Waals surface area contributed by atoms with E-state index in [4.69, 9.17) is 5.11 Å². The molecule has 18 heavy (non-hydrogen) atoms. The van der Waals surface area contributed by atoms with Crippen LogP contribution in [0.5, 0.6) is 0 Å². The van der Waals surface area contributed by atoms with Gasteiger partial charge in [0.05, 0.1) is 23.4 Å². The first kappa shape index (κ1) is 11.8. The monoisotopic (exact) mass is 249 g/mol. The second-order valence-electron chi connectivity index (χ2n) is 3.69. The van der Waals surface area contributed by atoms with Gasteiger partial charge in [-0.15, -0.1) is 0 Å². The van der Waals surface area contributed by atoms with Crippen molar-refractivity contribution in [2.24, 2.45) is 0 Å². The van der Waals surface area contributed by atoms with Crippen LogP contribution < -0.4 is 5.32 Å². The zero-order chi connectivity index (χ0) is 13.3. The number of carboxylic acids is 1. The van der Waals surface area contributed by atoms with Gasteiger partial charge in [-0.25, -0.2) is 9.78 Å². The van der Waals surface area contributed by atoms with Gasteiger partial charge in [0, 0.05) is 0 Å². The fourth-order valence-corrected chi connectivity index (χ4v) is 1.54. The van der Waals surface area contributed by atoms with E-state index in [0.29, 0.717) is 17.1 Å². The highest BCUT2D eigenvalue weighted by atomic mass is 16.4. The molecule has 0 fully saturated rings. The van der Waals surface area contributed by atoms with Gasteiger partial charge in [0.15, 0.2) is 11.4 Å². The minimum absolute atomic E-state index is 0.164. The van der Waals surface area contributed by atoms with Crippen LogP contribution in [-0.2, 0) is 0 Å². The summed E-state index contributed by atoms with van der Waals surface area (Å²) in [6.07, 6.45) is 1.16. The summed E-state index contributed by atoms with van der Waals surface area (Å²) in [5.41, 5.74) is 1.43. The van der Waals surface area contributed by atoms with Crippen molar-refractivity contribution in [3.63, 3.8) is 0 Å². The van der Waals surface area contributed by atoms with Gasteiger partial charge in [0.2, 0.25) is 0 Å². The zero-order valence-corrected chi connectivity index (χ0v) is 9.74. The minimum Gasteiger partial charge on any atom is -0.477 e. The minimum atomic E-state index is -1.24. The van der Waals surface area contributed by atoms with E-state index in [0.717, 1.165) is 6.33 Å². The van der Waals surface area contributed by atoms with Crippen LogP contribution in [0.2, 0.25) is 0 Å². The van der Waals surface area contributed by atoms with E-state index in [1.807, 2.05) is 0 Å². The third-order valence-electron chi connectivity index (χ3n) is 2.43. The van der Waals surface area contributed by atoms with Crippen LogP contribution in [0.3, 0.4) is 0 Å². The Balaban J connectivity index is 2.28. The molecule has 0 spiro atoms. The Hall–Kier alpha value is -2.64. The molecule has 8 nitrogen and oxygen atoms in total. The van der Waals surface area contributed by atoms with Crippen molar-refractivity contribution < 1.29 is 14.7 Å². The molecule has 0 saturated carbocycles. The first-order valence-electron chi connectivity index (χ1n) is 5.10. The van der Waals surface area contributed by atoms with Gasteiger partial charge in [-0.05, 0) is 13.8 Å². The number of aryl methyl sites for hydroxylation is 2. The number of carbonyl (C=O) groups is 2. The Labute approximate surface area is 101 Å². The fraction of sp³-hybridized carbons (Fsp3) is 0.200. The molecule has 8 heteroatoms. The number of aromatic nitrogens is 4. The van der Waals surface area contributed by atoms with Crippen molar-refractivity contribution in [2.45, 2.75) is 13.8 Å². The smallest absolute Gasteiger partial charge is 0.354 e. The standard InChI is InChI=1S/C10H11N5O3/c1-4-6(5(2)15-14-4)13-9(16)7-8(10(17)18)12-3-11-7/h3H,1-2H3,(H,11,12)(H,13,16)(H,14,15)(H,17,18). The molecule has 0 radical (unpaired) electrons. The molecular weight excluding hydrogens is 238 g/mol. The molecule has 0 aliphatic carbocycles. The molecule has 94 valence electrons. The number of rotatable bonds is 3. The Morgan fingerprint density at radius 2 is 2.11 bits per heavy atom. The van der Waals surface area contributed by atoms with Gasteiger partial charge >= 0.3 is 5.97 Å². The Kier molecular flexibility index (Phi) is 2.84. The lowest BCUT2D eigenvalue weighted by atomic mass is 10.2. The summed E-state index contributed by atoms with van der Waals surface area (Å²) in [6.45, 7) is 3.47. The highest BCUT2D eigenvalue weighted by molar-refractivity contribution is 6.09. The number of amides is 1. The van der Waals surface area contributed by atoms with Crippen LogP contribution in [0.15, 0.2) is 6.33 Å². The third kappa shape index (κ3) is 1.95. The first-order valence-corrected chi connectivity index (χ1v) is 5.10. The lowest BCUT2D eigenvalue weighted by Crippen LogP contribution is -2.17. The first-order chi connectivity index (χ1) is 8.50. The SMILES string of the molecule is Cc1n[nH]c(C)c1NC(=O)c1nc[nH]c1C(=O)O. The Morgan fingerprint density at radius 1 is 1.39 bits per heavy atom. The summed E-state index contributed by atoms with van der Waals surface area (Å²) in [4.78, 5) is 28.9. The number of carbonyl (C=O) groups excluding carboxylic acids is 1. The number of hydrogen-bond acceptors (Lipinski definition) is 4. The van der Waals surface area contributed by atoms with Crippen molar-refractivity contribution in [3.8, 4) is 0 Å². The zero-order valence-electron chi connectivity index (χ0n) is 9.74. The van der Waals surface area contributed by atoms with Crippen molar-refractivity contribution >= 4 is 17.6 Å². The van der Waals surface area contributed by atoms with E-state index < -0.39 is 11.9 Å². The molecule has 4 N–H and O–H groups in total. The van der Waals surface area contributed by atoms with E-state index in [2.05, 4.69) is 25.5 Å². The summed E-state index contributed by atoms with van der Waals surface area (Å²) in [5.74, 6) is -1.83. The predicted molar refractivity (Wildman–Crippen MR) is 61.6 cm³/mol. The Bertz CT molecular complexity index is 593. The molecular formula is C10H11N5O3. The molecule has 0 aliphatic rings. The summed E-state index contributed by atoms with van der Waals surface area (Å²) in [7, 11) is 0. The normalized spacial score (nSPS) is 10.3. The fourth-order valence-electron chi connectivity index (χ4n) is 1.54. The largest absolute Gasteiger partial charge is 0.477 e. The molecule has 0 unspecified atom stereocenters. The summed E-state index contributed by atoms with van der Waals surface area (Å²) in [5, 5.41) is 18.1. The van der Waals surface area contributed by atoms with Crippen LogP contribution in [0.25, 0.3) is 0 Å². The molecule has 0 atom stereocenters. The number of carboxylic acid groups (broad SMARTS) is 1. The maximum atomic E-state index is 11.9. The number of anilines is 1. The van der Waals surface area contributed by atoms with Crippen molar-refractivity contribution in [1.29, 1.82) is 0 Å². The molecule has 0 saturated heterocycles. The van der Waals surface area contributed by atoms with Crippen LogP contribution in [0.4, 0.5) is 5.69 Å². The summed E-state index contributed by atoms with van der Waals surface area (Å²) in [6, 6.07) is 0. The van der Waals surface area contributed by atoms with Crippen LogP contribution in [0, 0.1) is 13.8 Å². The maximum absolute atomic E-state index is 11.9. The van der Waals surface area contributed by atoms with Crippen LogP contribution in [-0.4, -0.2) is 37.1 Å². The number of aromatic amines is 2. The molecule has 2 aromatic rings. The predicted octanol–water partition coefficient (Wildman–Crippen LogP) is 0.700. The van der Waals surface area contributed by atoms with Gasteiger partial charge in [-0.3, -0.25) is 9.89 Å². The third-order valence-corrected chi connectivity index (χ3v) is 2.43. The van der Waals surface area contributed by atoms with E-state index >= 15 is 0 Å². The number of aromatic carboxylic acids is 1. The van der Waals surface area contributed by atoms with Gasteiger partial charge in [-0.2, -0.15) is 5.10 Å². The van der Waals surface area contributed by atoms with E-state index in [-0.39, 0.29) is 11.4 Å². The number of hydrogen-bond donors (Lipinski definition) is 4. The van der Waals surface area contributed by atoms with Crippen LogP contribution >= 0.6 is 0 Å². The number of nitrogens with zero attached hydrogens (tertiary/aromatic N) is 2. The van der Waals surface area contributed by atoms with E-state index in [1.165, 1.54) is 0 Å². The van der Waals surface area contributed by atoms with E-state index in [1.54, 1.807) is 13.8 Å². The number of nitrogens with one attached hydrogen (secondary N) is 3. The Morgan fingerprint density at radius 3 is 2.67 bits per heavy atom. The summed E-state index contributed by atoms with van der Waals surface area (Å²) < 4.78 is 0. The van der Waals surface area contributed by atoms with Gasteiger partial charge < -0.3 is 15.4 Å². The molecule has 0 bridgehead atoms. The van der Waals surface area contributed by atoms with Gasteiger partial charge in [-0.1, -0.05) is 0 Å². The second kappa shape index (κ2) is 4.32. The highest BCUT2D eigenvalue weighted by Gasteiger charge is 2.21. The molecule has 1 amide bonds. The molecule has 0 aromatic carbocycles. The number of H-pyrrole nitrogens is 2. The lowest BCUT2D eigenvalue weighted by molar-refractivity contribution is 0.0686. The molecule has 2 rings (SSSR count). The number of imidazole rings is 1. The van der Waals surface area contributed by atoms with Gasteiger partial charge in [0.25, 0.3) is 5.91 Å². The van der Waals surface area contributed by atoms with Crippen molar-refractivity contribution in [3.05, 3.63) is 29.1 Å². The maximum Gasteiger partial charge on any atom is 0.354 e. The molecule has 0 aliphatic heterocycles. The lowest BCUT2D eigenvalue weighted by Gasteiger charge is -2.03. The van der Waals surface area contributed by atoms with Crippen molar-refractivity contribution in [1.82, 2.24) is 20.2 Å². The van der Waals surface area contributed by atoms with Crippen molar-refractivity contribution in [2.75, 3.05) is 5.32 Å². The summed E-state index contributed by atoms with van der Waals surface area (Å²) >= 11 is 0. The second-order valence-corrected chi connectivity index (χ2v) is 3.69. The van der Waals surface area contributed by atoms with Crippen LogP contribution in [0.1, 0.15) is 32.4 Å². The average Bonchev–Trinajstić information content (AvgIpc) is 2.90. The topological polar surface area (TPSA) is 124 Å². The van der Waals surface area contributed by atoms with E-state index in [9.17, 15) is 9.59 Å². The highest BCUT2D eigenvalue weighted by Crippen LogP contribution is 2.17. The quantitative estimate of drug-likeness (QED) is 0.637. The molecule has 2 heterocycles. The van der Waals surface area contributed by atoms with Gasteiger partial charge in [0.1, 0.15) is 0 Å². The average molecular weight is 249 g/mol. The molecule has 2 aromatic heterocycles.